The van der Waals surface area contributed by atoms with Crippen LogP contribution in [0.4, 0.5) is 0 Å². The van der Waals surface area contributed by atoms with Crippen molar-refractivity contribution in [2.75, 3.05) is 13.1 Å². The first kappa shape index (κ1) is 6.10. The van der Waals surface area contributed by atoms with Gasteiger partial charge in [-0.05, 0) is 0 Å². The van der Waals surface area contributed by atoms with Crippen molar-refractivity contribution in [1.29, 1.82) is 0 Å². The highest BCUT2D eigenvalue weighted by Gasteiger charge is 2.18. The van der Waals surface area contributed by atoms with Gasteiger partial charge in [-0.25, -0.2) is 4.79 Å². The first-order valence-electron chi connectivity index (χ1n) is 2.57. The van der Waals surface area contributed by atoms with Crippen molar-refractivity contribution in [3.8, 4) is 0 Å². The predicted octanol–water partition coefficient (Wildman–Crippen LogP) is -0.514. The molecule has 0 spiro atoms. The van der Waals surface area contributed by atoms with Gasteiger partial charge in [-0.1, -0.05) is 0 Å². The molecule has 0 unspecified atom stereocenters. The highest BCUT2D eigenvalue weighted by atomic mass is 16.4. The third-order valence-corrected chi connectivity index (χ3v) is 1.20. The van der Waals surface area contributed by atoms with Gasteiger partial charge in [0.1, 0.15) is 5.76 Å². The normalized spacial score (nSPS) is 18.7. The molecule has 0 radical (unpaired) electrons. The second kappa shape index (κ2) is 2.06. The molecule has 1 aliphatic rings. The number of carboxylic acids is 1. The standard InChI is InChI=1S/C5H7NO3/c7-4-2-6-1-3(4)5(8)9/h6-7H,1-2H2,(H,8,9). The molecule has 4 heteroatoms. The third-order valence-electron chi connectivity index (χ3n) is 1.20. The van der Waals surface area contributed by atoms with Crippen molar-refractivity contribution in [3.05, 3.63) is 11.3 Å². The quantitative estimate of drug-likeness (QED) is 0.446. The Kier molecular flexibility index (Phi) is 1.40. The van der Waals surface area contributed by atoms with Crippen LogP contribution in [0.2, 0.25) is 0 Å². The Hall–Kier alpha value is -1.03. The van der Waals surface area contributed by atoms with E-state index >= 15 is 0 Å². The van der Waals surface area contributed by atoms with E-state index in [1.807, 2.05) is 0 Å². The Morgan fingerprint density at radius 3 is 2.44 bits per heavy atom. The van der Waals surface area contributed by atoms with Crippen molar-refractivity contribution in [2.45, 2.75) is 0 Å². The monoisotopic (exact) mass is 129 g/mol. The van der Waals surface area contributed by atoms with E-state index in [9.17, 15) is 4.79 Å². The van der Waals surface area contributed by atoms with Crippen molar-refractivity contribution >= 4 is 5.97 Å². The summed E-state index contributed by atoms with van der Waals surface area (Å²) >= 11 is 0. The number of aliphatic hydroxyl groups is 1. The van der Waals surface area contributed by atoms with Crippen molar-refractivity contribution < 1.29 is 15.0 Å². The summed E-state index contributed by atoms with van der Waals surface area (Å²) < 4.78 is 0. The lowest BCUT2D eigenvalue weighted by Crippen LogP contribution is -2.11. The first-order chi connectivity index (χ1) is 4.22. The number of hydrogen-bond acceptors (Lipinski definition) is 3. The molecular formula is C5H7NO3. The number of rotatable bonds is 1. The van der Waals surface area contributed by atoms with Crippen LogP contribution in [0.15, 0.2) is 11.3 Å². The van der Waals surface area contributed by atoms with Crippen LogP contribution in [0.1, 0.15) is 0 Å². The lowest BCUT2D eigenvalue weighted by Gasteiger charge is -1.90. The minimum Gasteiger partial charge on any atom is -0.510 e. The second-order valence-electron chi connectivity index (χ2n) is 1.83. The van der Waals surface area contributed by atoms with E-state index < -0.39 is 5.97 Å². The Balaban J connectivity index is 2.78. The summed E-state index contributed by atoms with van der Waals surface area (Å²) in [6, 6.07) is 0. The lowest BCUT2D eigenvalue weighted by molar-refractivity contribution is -0.132. The molecule has 50 valence electrons. The zero-order valence-electron chi connectivity index (χ0n) is 4.72. The van der Waals surface area contributed by atoms with E-state index in [0.29, 0.717) is 0 Å². The fourth-order valence-corrected chi connectivity index (χ4v) is 0.714. The smallest absolute Gasteiger partial charge is 0.336 e. The molecule has 0 atom stereocenters. The highest BCUT2D eigenvalue weighted by molar-refractivity contribution is 5.88. The van der Waals surface area contributed by atoms with Crippen LogP contribution in [0.5, 0.6) is 0 Å². The van der Waals surface area contributed by atoms with E-state index in [1.165, 1.54) is 0 Å². The Morgan fingerprint density at radius 1 is 1.56 bits per heavy atom. The van der Waals surface area contributed by atoms with Crippen LogP contribution in [-0.4, -0.2) is 29.3 Å². The summed E-state index contributed by atoms with van der Waals surface area (Å²) in [7, 11) is 0. The second-order valence-corrected chi connectivity index (χ2v) is 1.83. The minimum absolute atomic E-state index is 0.0532. The zero-order valence-corrected chi connectivity index (χ0v) is 4.72. The lowest BCUT2D eigenvalue weighted by atomic mass is 10.3. The van der Waals surface area contributed by atoms with Crippen LogP contribution < -0.4 is 5.32 Å². The summed E-state index contributed by atoms with van der Waals surface area (Å²) in [6.07, 6.45) is 0. The predicted molar refractivity (Wildman–Crippen MR) is 30.2 cm³/mol. The topological polar surface area (TPSA) is 69.6 Å². The number of aliphatic hydroxyl groups excluding tert-OH is 1. The molecule has 4 nitrogen and oxygen atoms in total. The van der Waals surface area contributed by atoms with Gasteiger partial charge in [0, 0.05) is 6.54 Å². The molecule has 0 saturated heterocycles. The number of carbonyl (C=O) groups is 1. The van der Waals surface area contributed by atoms with E-state index in [2.05, 4.69) is 5.32 Å². The van der Waals surface area contributed by atoms with E-state index in [4.69, 9.17) is 10.2 Å². The van der Waals surface area contributed by atoms with Crippen molar-refractivity contribution in [3.63, 3.8) is 0 Å². The molecule has 0 aromatic heterocycles. The number of hydrogen-bond donors (Lipinski definition) is 3. The van der Waals surface area contributed by atoms with Gasteiger partial charge in [-0.15, -0.1) is 0 Å². The molecule has 1 heterocycles. The van der Waals surface area contributed by atoms with Crippen LogP contribution >= 0.6 is 0 Å². The average Bonchev–Trinajstić information content (AvgIpc) is 2.13. The highest BCUT2D eigenvalue weighted by Crippen LogP contribution is 2.05. The largest absolute Gasteiger partial charge is 0.510 e. The molecule has 0 aromatic rings. The van der Waals surface area contributed by atoms with Gasteiger partial charge in [0.25, 0.3) is 0 Å². The van der Waals surface area contributed by atoms with Crippen LogP contribution in [0.3, 0.4) is 0 Å². The van der Waals surface area contributed by atoms with Gasteiger partial charge in [0.15, 0.2) is 0 Å². The van der Waals surface area contributed by atoms with E-state index in [1.54, 1.807) is 0 Å². The molecule has 9 heavy (non-hydrogen) atoms. The van der Waals surface area contributed by atoms with Gasteiger partial charge < -0.3 is 15.5 Å². The summed E-state index contributed by atoms with van der Waals surface area (Å²) in [5.74, 6) is -1.10. The maximum Gasteiger partial charge on any atom is 0.336 e. The molecule has 3 N–H and O–H groups in total. The summed E-state index contributed by atoms with van der Waals surface area (Å²) in [5, 5.41) is 19.8. The average molecular weight is 129 g/mol. The fourth-order valence-electron chi connectivity index (χ4n) is 0.714. The molecule has 1 aliphatic heterocycles. The van der Waals surface area contributed by atoms with Crippen LogP contribution in [0.25, 0.3) is 0 Å². The molecule has 0 bridgehead atoms. The fraction of sp³-hybridized carbons (Fsp3) is 0.400. The molecule has 0 aliphatic carbocycles. The Morgan fingerprint density at radius 2 is 2.22 bits per heavy atom. The van der Waals surface area contributed by atoms with E-state index in [0.717, 1.165) is 0 Å². The molecular weight excluding hydrogens is 122 g/mol. The molecule has 0 saturated carbocycles. The van der Waals surface area contributed by atoms with E-state index in [-0.39, 0.29) is 24.4 Å². The third kappa shape index (κ3) is 1.02. The Bertz CT molecular complexity index is 173. The van der Waals surface area contributed by atoms with Crippen molar-refractivity contribution in [1.82, 2.24) is 5.32 Å². The van der Waals surface area contributed by atoms with Gasteiger partial charge in [-0.2, -0.15) is 0 Å². The van der Waals surface area contributed by atoms with Crippen LogP contribution in [-0.2, 0) is 4.79 Å². The van der Waals surface area contributed by atoms with Crippen LogP contribution in [0, 0.1) is 0 Å². The maximum absolute atomic E-state index is 10.2. The number of nitrogens with one attached hydrogen (secondary N) is 1. The minimum atomic E-state index is -1.04. The van der Waals surface area contributed by atoms with Gasteiger partial charge in [-0.3, -0.25) is 0 Å². The molecule has 0 amide bonds. The first-order valence-corrected chi connectivity index (χ1v) is 2.57. The summed E-state index contributed by atoms with van der Waals surface area (Å²) in [4.78, 5) is 10.2. The van der Waals surface area contributed by atoms with Gasteiger partial charge in [0.05, 0.1) is 12.1 Å². The summed E-state index contributed by atoms with van der Waals surface area (Å²) in [6.45, 7) is 0.544. The molecule has 1 rings (SSSR count). The molecule has 0 aromatic carbocycles. The number of carboxylic acid groups (broad SMARTS) is 1. The Labute approximate surface area is 51.8 Å². The number of aliphatic carboxylic acids is 1. The molecule has 0 fully saturated rings. The zero-order chi connectivity index (χ0) is 6.85. The SMILES string of the molecule is O=C(O)C1=C(O)CNC1. The van der Waals surface area contributed by atoms with Gasteiger partial charge in [0.2, 0.25) is 0 Å². The van der Waals surface area contributed by atoms with Crippen molar-refractivity contribution in [2.24, 2.45) is 0 Å². The van der Waals surface area contributed by atoms with Gasteiger partial charge >= 0.3 is 5.97 Å². The maximum atomic E-state index is 10.2. The summed E-state index contributed by atoms with van der Waals surface area (Å²) in [5.41, 5.74) is 0.0787.